The number of rotatable bonds is 5. The maximum absolute atomic E-state index is 12.2. The summed E-state index contributed by atoms with van der Waals surface area (Å²) in [6, 6.07) is 0.463. The minimum atomic E-state index is -0.198. The van der Waals surface area contributed by atoms with Gasteiger partial charge in [-0.1, -0.05) is 20.8 Å². The van der Waals surface area contributed by atoms with Crippen LogP contribution >= 0.6 is 0 Å². The molecular weight excluding hydrogens is 386 g/mol. The zero-order valence-electron chi connectivity index (χ0n) is 20.0. The van der Waals surface area contributed by atoms with E-state index in [9.17, 15) is 15.0 Å². The zero-order valence-corrected chi connectivity index (χ0v) is 20.0. The second-order valence-corrected chi connectivity index (χ2v) is 12.8. The second kappa shape index (κ2) is 8.01. The van der Waals surface area contributed by atoms with Gasteiger partial charge >= 0.3 is 0 Å². The molecule has 0 aromatic heterocycles. The molecule has 10 atom stereocenters. The Balaban J connectivity index is 1.28. The van der Waals surface area contributed by atoms with Gasteiger partial charge in [0.05, 0.1) is 12.2 Å². The third-order valence-corrected chi connectivity index (χ3v) is 11.2. The van der Waals surface area contributed by atoms with Crippen LogP contribution in [0.2, 0.25) is 0 Å². The van der Waals surface area contributed by atoms with Crippen LogP contribution in [0.4, 0.5) is 0 Å². The molecule has 0 unspecified atom stereocenters. The van der Waals surface area contributed by atoms with E-state index in [1.165, 1.54) is 25.7 Å². The minimum absolute atomic E-state index is 0.162. The van der Waals surface area contributed by atoms with E-state index in [0.29, 0.717) is 58.8 Å². The van der Waals surface area contributed by atoms with Gasteiger partial charge in [-0.05, 0) is 117 Å². The summed E-state index contributed by atoms with van der Waals surface area (Å²) in [5, 5.41) is 24.8. The van der Waals surface area contributed by atoms with Crippen LogP contribution in [0.25, 0.3) is 0 Å². The molecule has 0 heterocycles. The summed E-state index contributed by atoms with van der Waals surface area (Å²) in [7, 11) is 0. The Morgan fingerprint density at radius 3 is 2.42 bits per heavy atom. The van der Waals surface area contributed by atoms with Gasteiger partial charge in [0.2, 0.25) is 5.91 Å². The largest absolute Gasteiger partial charge is 0.393 e. The lowest BCUT2D eigenvalue weighted by Gasteiger charge is -2.62. The molecule has 0 aromatic carbocycles. The summed E-state index contributed by atoms with van der Waals surface area (Å²) in [5.74, 6) is 3.66. The monoisotopic (exact) mass is 431 g/mol. The molecule has 0 bridgehead atoms. The Labute approximate surface area is 188 Å². The molecule has 0 aliphatic heterocycles. The Morgan fingerprint density at radius 2 is 1.68 bits per heavy atom. The molecule has 0 saturated heterocycles. The van der Waals surface area contributed by atoms with Gasteiger partial charge in [0.1, 0.15) is 0 Å². The Kier molecular flexibility index (Phi) is 5.73. The maximum atomic E-state index is 12.2. The van der Waals surface area contributed by atoms with Crippen LogP contribution in [0, 0.1) is 46.3 Å². The fourth-order valence-electron chi connectivity index (χ4n) is 9.26. The lowest BCUT2D eigenvalue weighted by molar-refractivity contribution is -0.174. The normalized spacial score (nSPS) is 50.2. The van der Waals surface area contributed by atoms with Crippen molar-refractivity contribution in [3.63, 3.8) is 0 Å². The molecule has 5 fully saturated rings. The predicted octanol–water partition coefficient (Wildman–Crippen LogP) is 4.67. The van der Waals surface area contributed by atoms with Crippen molar-refractivity contribution in [3.8, 4) is 0 Å². The topological polar surface area (TPSA) is 69.6 Å². The van der Waals surface area contributed by atoms with E-state index >= 15 is 0 Å². The first-order valence-electron chi connectivity index (χ1n) is 13.4. The number of hydrogen-bond acceptors (Lipinski definition) is 3. The third kappa shape index (κ3) is 3.78. The molecule has 4 nitrogen and oxygen atoms in total. The predicted molar refractivity (Wildman–Crippen MR) is 122 cm³/mol. The van der Waals surface area contributed by atoms with Crippen molar-refractivity contribution in [3.05, 3.63) is 0 Å². The standard InChI is InChI=1S/C27H45NO3/c1-16(4-9-24(31)28-18-5-6-18)20-7-8-21-25-22(11-13-27(20,21)3)26(2)12-10-19(29)14-17(26)15-23(25)30/h16-23,25,29-30H,4-15H2,1-3H3,(H,28,31)/t16-,17+,19-,20+,21-,22-,23+,25-,26+,27-/m1/s1. The summed E-state index contributed by atoms with van der Waals surface area (Å²) in [6.07, 6.45) is 12.5. The number of fused-ring (bicyclic) bond motifs is 5. The quantitative estimate of drug-likeness (QED) is 0.592. The van der Waals surface area contributed by atoms with Gasteiger partial charge in [0.25, 0.3) is 0 Å². The number of nitrogens with one attached hydrogen (secondary N) is 1. The van der Waals surface area contributed by atoms with Gasteiger partial charge in [0.15, 0.2) is 0 Å². The van der Waals surface area contributed by atoms with E-state index in [0.717, 1.165) is 44.9 Å². The average molecular weight is 432 g/mol. The van der Waals surface area contributed by atoms with Crippen LogP contribution in [0.1, 0.15) is 97.8 Å². The highest BCUT2D eigenvalue weighted by molar-refractivity contribution is 5.76. The van der Waals surface area contributed by atoms with Crippen molar-refractivity contribution in [2.75, 3.05) is 0 Å². The molecule has 4 heteroatoms. The maximum Gasteiger partial charge on any atom is 0.220 e. The minimum Gasteiger partial charge on any atom is -0.393 e. The molecule has 0 radical (unpaired) electrons. The summed E-state index contributed by atoms with van der Waals surface area (Å²) < 4.78 is 0. The number of amides is 1. The van der Waals surface area contributed by atoms with Gasteiger partial charge in [0, 0.05) is 12.5 Å². The van der Waals surface area contributed by atoms with E-state index < -0.39 is 0 Å². The zero-order chi connectivity index (χ0) is 22.0. The first-order chi connectivity index (χ1) is 14.7. The van der Waals surface area contributed by atoms with Gasteiger partial charge < -0.3 is 15.5 Å². The van der Waals surface area contributed by atoms with Crippen molar-refractivity contribution < 1.29 is 15.0 Å². The molecule has 5 aliphatic carbocycles. The number of aliphatic hydroxyl groups excluding tert-OH is 2. The van der Waals surface area contributed by atoms with Crippen molar-refractivity contribution in [1.29, 1.82) is 0 Å². The van der Waals surface area contributed by atoms with Crippen molar-refractivity contribution in [2.45, 2.75) is 116 Å². The van der Waals surface area contributed by atoms with Crippen LogP contribution in [0.3, 0.4) is 0 Å². The lowest BCUT2D eigenvalue weighted by atomic mass is 9.43. The molecule has 3 N–H and O–H groups in total. The van der Waals surface area contributed by atoms with Crippen LogP contribution in [-0.2, 0) is 4.79 Å². The molecule has 176 valence electrons. The molecule has 0 spiro atoms. The first-order valence-corrected chi connectivity index (χ1v) is 13.4. The summed E-state index contributed by atoms with van der Waals surface area (Å²) >= 11 is 0. The summed E-state index contributed by atoms with van der Waals surface area (Å²) in [5.41, 5.74) is 0.612. The Hall–Kier alpha value is -0.610. The van der Waals surface area contributed by atoms with E-state index in [1.807, 2.05) is 0 Å². The highest BCUT2D eigenvalue weighted by Gasteiger charge is 2.62. The molecule has 5 saturated carbocycles. The fraction of sp³-hybridized carbons (Fsp3) is 0.963. The van der Waals surface area contributed by atoms with E-state index in [2.05, 4.69) is 26.1 Å². The van der Waals surface area contributed by atoms with Crippen molar-refractivity contribution in [2.24, 2.45) is 46.3 Å². The van der Waals surface area contributed by atoms with E-state index in [1.54, 1.807) is 0 Å². The summed E-state index contributed by atoms with van der Waals surface area (Å²) in [6.45, 7) is 7.40. The van der Waals surface area contributed by atoms with Gasteiger partial charge in [-0.25, -0.2) is 0 Å². The SMILES string of the molecule is C[C@H](CCC(=O)NC1CC1)[C@@H]1CC[C@@H]2[C@@H]3[C@@H](CC[C@@]21C)[C@@]1(C)CC[C@@H](O)C[C@H]1C[C@@H]3O. The van der Waals surface area contributed by atoms with Crippen LogP contribution < -0.4 is 5.32 Å². The third-order valence-electron chi connectivity index (χ3n) is 11.2. The highest BCUT2D eigenvalue weighted by atomic mass is 16.3. The van der Waals surface area contributed by atoms with Gasteiger partial charge in [-0.2, -0.15) is 0 Å². The van der Waals surface area contributed by atoms with Gasteiger partial charge in [-0.3, -0.25) is 4.79 Å². The van der Waals surface area contributed by atoms with Gasteiger partial charge in [-0.15, -0.1) is 0 Å². The molecule has 5 aliphatic rings. The second-order valence-electron chi connectivity index (χ2n) is 12.8. The summed E-state index contributed by atoms with van der Waals surface area (Å²) in [4.78, 5) is 12.2. The van der Waals surface area contributed by atoms with E-state index in [-0.39, 0.29) is 18.1 Å². The molecule has 5 rings (SSSR count). The van der Waals surface area contributed by atoms with Crippen molar-refractivity contribution >= 4 is 5.91 Å². The number of hydrogen-bond donors (Lipinski definition) is 3. The lowest BCUT2D eigenvalue weighted by Crippen LogP contribution is -2.58. The number of aliphatic hydroxyl groups is 2. The van der Waals surface area contributed by atoms with Crippen LogP contribution in [0.15, 0.2) is 0 Å². The van der Waals surface area contributed by atoms with Crippen molar-refractivity contribution in [1.82, 2.24) is 5.32 Å². The average Bonchev–Trinajstić information content (AvgIpc) is 3.46. The fourth-order valence-corrected chi connectivity index (χ4v) is 9.26. The van der Waals surface area contributed by atoms with Crippen LogP contribution in [-0.4, -0.2) is 34.4 Å². The smallest absolute Gasteiger partial charge is 0.220 e. The number of carbonyl (C=O) groups excluding carboxylic acids is 1. The Bertz CT molecular complexity index is 692. The Morgan fingerprint density at radius 1 is 0.968 bits per heavy atom. The molecule has 1 amide bonds. The first kappa shape index (κ1) is 22.2. The molecular formula is C27H45NO3. The number of carbonyl (C=O) groups is 1. The molecule has 0 aromatic rings. The highest BCUT2D eigenvalue weighted by Crippen LogP contribution is 2.68. The van der Waals surface area contributed by atoms with Crippen LogP contribution in [0.5, 0.6) is 0 Å². The molecule has 31 heavy (non-hydrogen) atoms. The van der Waals surface area contributed by atoms with E-state index in [4.69, 9.17) is 0 Å².